The number of benzene rings is 1. The molecule has 18 heavy (non-hydrogen) atoms. The lowest BCUT2D eigenvalue weighted by Gasteiger charge is -2.09. The summed E-state index contributed by atoms with van der Waals surface area (Å²) in [4.78, 5) is 0. The van der Waals surface area contributed by atoms with E-state index in [9.17, 15) is 4.39 Å². The molecule has 1 heterocycles. The van der Waals surface area contributed by atoms with Gasteiger partial charge in [-0.25, -0.2) is 9.07 Å². The van der Waals surface area contributed by atoms with E-state index in [2.05, 4.69) is 22.6 Å². The molecule has 0 fully saturated rings. The third-order valence-corrected chi connectivity index (χ3v) is 2.74. The molecule has 1 aromatic heterocycles. The number of nitrogens with zero attached hydrogens (tertiary/aromatic N) is 3. The van der Waals surface area contributed by atoms with Crippen LogP contribution >= 0.6 is 0 Å². The third-order valence-electron chi connectivity index (χ3n) is 2.74. The van der Waals surface area contributed by atoms with Crippen LogP contribution in [-0.2, 0) is 6.54 Å². The quantitative estimate of drug-likeness (QED) is 0.825. The van der Waals surface area contributed by atoms with E-state index in [1.165, 1.54) is 12.1 Å². The summed E-state index contributed by atoms with van der Waals surface area (Å²) in [6.45, 7) is 5.64. The lowest BCUT2D eigenvalue weighted by molar-refractivity contribution is 0.621. The predicted molar refractivity (Wildman–Crippen MR) is 68.1 cm³/mol. The Morgan fingerprint density at radius 1 is 1.39 bits per heavy atom. The van der Waals surface area contributed by atoms with Gasteiger partial charge in [0.2, 0.25) is 0 Å². The summed E-state index contributed by atoms with van der Waals surface area (Å²) in [5, 5.41) is 11.3. The Bertz CT molecular complexity index is 521. The van der Waals surface area contributed by atoms with Crippen molar-refractivity contribution in [2.24, 2.45) is 0 Å². The number of aryl methyl sites for hydroxylation is 1. The van der Waals surface area contributed by atoms with Gasteiger partial charge in [-0.05, 0) is 43.7 Å². The molecule has 0 saturated carbocycles. The largest absolute Gasteiger partial charge is 0.311 e. The fraction of sp³-hybridized carbons (Fsp3) is 0.385. The van der Waals surface area contributed by atoms with E-state index < -0.39 is 0 Å². The Hall–Kier alpha value is -1.75. The molecule has 0 saturated heterocycles. The Labute approximate surface area is 106 Å². The highest BCUT2D eigenvalue weighted by atomic mass is 19.1. The molecule has 4 nitrogen and oxygen atoms in total. The molecule has 96 valence electrons. The van der Waals surface area contributed by atoms with Gasteiger partial charge >= 0.3 is 0 Å². The summed E-state index contributed by atoms with van der Waals surface area (Å²) in [5.41, 5.74) is 2.68. The van der Waals surface area contributed by atoms with Crippen LogP contribution in [0.5, 0.6) is 0 Å². The van der Waals surface area contributed by atoms with Crippen molar-refractivity contribution in [3.05, 3.63) is 41.5 Å². The minimum absolute atomic E-state index is 0.234. The highest BCUT2D eigenvalue weighted by Gasteiger charge is 2.08. The molecule has 1 aromatic carbocycles. The van der Waals surface area contributed by atoms with Crippen molar-refractivity contribution in [3.63, 3.8) is 0 Å². The van der Waals surface area contributed by atoms with Crippen LogP contribution < -0.4 is 5.32 Å². The zero-order chi connectivity index (χ0) is 13.0. The van der Waals surface area contributed by atoms with E-state index in [0.717, 1.165) is 29.9 Å². The SMILES string of the molecule is CCCNCc1cnnn1-c1ccc(F)cc1C. The van der Waals surface area contributed by atoms with E-state index >= 15 is 0 Å². The van der Waals surface area contributed by atoms with Gasteiger partial charge in [0.15, 0.2) is 0 Å². The highest BCUT2D eigenvalue weighted by Crippen LogP contribution is 2.15. The van der Waals surface area contributed by atoms with Crippen LogP contribution in [0.4, 0.5) is 4.39 Å². The van der Waals surface area contributed by atoms with Crippen molar-refractivity contribution in [3.8, 4) is 5.69 Å². The zero-order valence-electron chi connectivity index (χ0n) is 10.7. The Morgan fingerprint density at radius 2 is 2.22 bits per heavy atom. The van der Waals surface area contributed by atoms with Gasteiger partial charge in [0.1, 0.15) is 5.82 Å². The molecule has 0 aliphatic rings. The lowest BCUT2D eigenvalue weighted by Crippen LogP contribution is -2.17. The van der Waals surface area contributed by atoms with Crippen molar-refractivity contribution in [1.29, 1.82) is 0 Å². The second kappa shape index (κ2) is 5.73. The minimum atomic E-state index is -0.234. The maximum absolute atomic E-state index is 13.1. The van der Waals surface area contributed by atoms with E-state index in [4.69, 9.17) is 0 Å². The lowest BCUT2D eigenvalue weighted by atomic mass is 10.2. The van der Waals surface area contributed by atoms with Gasteiger partial charge in [0.05, 0.1) is 17.6 Å². The molecule has 0 atom stereocenters. The van der Waals surface area contributed by atoms with Gasteiger partial charge < -0.3 is 5.32 Å². The van der Waals surface area contributed by atoms with E-state index in [1.807, 2.05) is 6.92 Å². The van der Waals surface area contributed by atoms with Crippen LogP contribution in [-0.4, -0.2) is 21.5 Å². The third kappa shape index (κ3) is 2.73. The number of hydrogen-bond donors (Lipinski definition) is 1. The normalized spacial score (nSPS) is 10.8. The summed E-state index contributed by atoms with van der Waals surface area (Å²) in [6.07, 6.45) is 2.81. The molecule has 0 bridgehead atoms. The number of halogens is 1. The molecule has 0 aliphatic heterocycles. The van der Waals surface area contributed by atoms with Crippen molar-refractivity contribution < 1.29 is 4.39 Å². The summed E-state index contributed by atoms with van der Waals surface area (Å²) in [6, 6.07) is 4.66. The fourth-order valence-electron chi connectivity index (χ4n) is 1.83. The van der Waals surface area contributed by atoms with Crippen molar-refractivity contribution in [2.45, 2.75) is 26.8 Å². The first-order valence-corrected chi connectivity index (χ1v) is 6.09. The molecule has 0 radical (unpaired) electrons. The molecular formula is C13H17FN4. The van der Waals surface area contributed by atoms with Crippen LogP contribution in [0.25, 0.3) is 5.69 Å². The molecule has 0 aliphatic carbocycles. The topological polar surface area (TPSA) is 42.7 Å². The van der Waals surface area contributed by atoms with Crippen LogP contribution in [0, 0.1) is 12.7 Å². The van der Waals surface area contributed by atoms with E-state index in [-0.39, 0.29) is 5.82 Å². The van der Waals surface area contributed by atoms with Crippen molar-refractivity contribution >= 4 is 0 Å². The first-order chi connectivity index (χ1) is 8.72. The molecule has 1 N–H and O–H groups in total. The highest BCUT2D eigenvalue weighted by molar-refractivity contribution is 5.40. The monoisotopic (exact) mass is 248 g/mol. The Kier molecular flexibility index (Phi) is 4.04. The molecule has 5 heteroatoms. The van der Waals surface area contributed by atoms with Gasteiger partial charge in [-0.3, -0.25) is 0 Å². The number of hydrogen-bond acceptors (Lipinski definition) is 3. The smallest absolute Gasteiger partial charge is 0.123 e. The number of aromatic nitrogens is 3. The summed E-state index contributed by atoms with van der Waals surface area (Å²) < 4.78 is 14.8. The van der Waals surface area contributed by atoms with Crippen LogP contribution in [0.15, 0.2) is 24.4 Å². The maximum Gasteiger partial charge on any atom is 0.123 e. The van der Waals surface area contributed by atoms with Gasteiger partial charge in [0, 0.05) is 6.54 Å². The molecule has 0 spiro atoms. The maximum atomic E-state index is 13.1. The van der Waals surface area contributed by atoms with Crippen LogP contribution in [0.3, 0.4) is 0 Å². The summed E-state index contributed by atoms with van der Waals surface area (Å²) in [7, 11) is 0. The van der Waals surface area contributed by atoms with Gasteiger partial charge in [-0.15, -0.1) is 5.10 Å². The minimum Gasteiger partial charge on any atom is -0.311 e. The van der Waals surface area contributed by atoms with E-state index in [1.54, 1.807) is 16.9 Å². The van der Waals surface area contributed by atoms with Gasteiger partial charge in [-0.2, -0.15) is 0 Å². The summed E-state index contributed by atoms with van der Waals surface area (Å²) >= 11 is 0. The Morgan fingerprint density at radius 3 is 2.94 bits per heavy atom. The molecular weight excluding hydrogens is 231 g/mol. The average Bonchev–Trinajstić information content (AvgIpc) is 2.78. The number of nitrogens with one attached hydrogen (secondary N) is 1. The van der Waals surface area contributed by atoms with Gasteiger partial charge in [0.25, 0.3) is 0 Å². The zero-order valence-corrected chi connectivity index (χ0v) is 10.7. The first-order valence-electron chi connectivity index (χ1n) is 6.09. The molecule has 0 unspecified atom stereocenters. The second-order valence-corrected chi connectivity index (χ2v) is 4.24. The van der Waals surface area contributed by atoms with Crippen LogP contribution in [0.2, 0.25) is 0 Å². The number of rotatable bonds is 5. The first kappa shape index (κ1) is 12.7. The van der Waals surface area contributed by atoms with E-state index in [0.29, 0.717) is 6.54 Å². The van der Waals surface area contributed by atoms with Crippen LogP contribution in [0.1, 0.15) is 24.6 Å². The standard InChI is InChI=1S/C13H17FN4/c1-3-6-15-8-12-9-16-17-18(12)13-5-4-11(14)7-10(13)2/h4-5,7,9,15H,3,6,8H2,1-2H3. The Balaban J connectivity index is 2.25. The molecule has 2 aromatic rings. The predicted octanol–water partition coefficient (Wildman–Crippen LogP) is 2.21. The molecule has 2 rings (SSSR count). The van der Waals surface area contributed by atoms with Crippen molar-refractivity contribution in [2.75, 3.05) is 6.54 Å². The fourth-order valence-corrected chi connectivity index (χ4v) is 1.83. The summed E-state index contributed by atoms with van der Waals surface area (Å²) in [5.74, 6) is -0.234. The van der Waals surface area contributed by atoms with Crippen molar-refractivity contribution in [1.82, 2.24) is 20.3 Å². The van der Waals surface area contributed by atoms with Gasteiger partial charge in [-0.1, -0.05) is 12.1 Å². The average molecular weight is 248 g/mol. The molecule has 0 amide bonds. The second-order valence-electron chi connectivity index (χ2n) is 4.24.